The van der Waals surface area contributed by atoms with Gasteiger partial charge in [0.25, 0.3) is 5.56 Å². The Morgan fingerprint density at radius 1 is 1.70 bits per heavy atom. The summed E-state index contributed by atoms with van der Waals surface area (Å²) in [6.45, 7) is 0. The third-order valence-electron chi connectivity index (χ3n) is 0.961. The Bertz CT molecular complexity index is 283. The van der Waals surface area contributed by atoms with Gasteiger partial charge in [0, 0.05) is 15.9 Å². The van der Waals surface area contributed by atoms with E-state index in [4.69, 9.17) is 0 Å². The number of aromatic amines is 1. The van der Waals surface area contributed by atoms with Gasteiger partial charge in [-0.25, -0.2) is 5.10 Å². The van der Waals surface area contributed by atoms with Crippen molar-refractivity contribution in [1.29, 1.82) is 0 Å². The Balaban J connectivity index is 3.19. The van der Waals surface area contributed by atoms with Gasteiger partial charge in [-0.15, -0.1) is 0 Å². The summed E-state index contributed by atoms with van der Waals surface area (Å²) >= 11 is 6.41. The lowest BCUT2D eigenvalue weighted by atomic mass is 10.4. The van der Waals surface area contributed by atoms with Crippen LogP contribution in [0.5, 0.6) is 0 Å². The van der Waals surface area contributed by atoms with E-state index in [1.807, 2.05) is 0 Å². The van der Waals surface area contributed by atoms with Gasteiger partial charge in [-0.1, -0.05) is 15.9 Å². The molecule has 1 heterocycles. The minimum atomic E-state index is -0.198. The molecule has 1 aromatic rings. The van der Waals surface area contributed by atoms with Crippen LogP contribution in [-0.4, -0.2) is 10.2 Å². The van der Waals surface area contributed by atoms with Crippen LogP contribution in [0.15, 0.2) is 15.3 Å². The summed E-state index contributed by atoms with van der Waals surface area (Å²) in [7, 11) is 0. The van der Waals surface area contributed by atoms with Gasteiger partial charge in [0.15, 0.2) is 0 Å². The standard InChI is InChI=1S/C5H4Br2N2O/c6-2-4-3(7)1-5(10)9-8-4/h1H,2H2,(H,9,10). The highest BCUT2D eigenvalue weighted by atomic mass is 79.9. The predicted molar refractivity (Wildman–Crippen MR) is 45.2 cm³/mol. The molecule has 0 saturated heterocycles. The SMILES string of the molecule is O=c1cc(Br)c(CBr)n[nH]1. The number of rotatable bonds is 1. The Kier molecular flexibility index (Phi) is 2.62. The Morgan fingerprint density at radius 3 is 2.90 bits per heavy atom. The molecule has 10 heavy (non-hydrogen) atoms. The molecule has 3 nitrogen and oxygen atoms in total. The zero-order valence-corrected chi connectivity index (χ0v) is 8.07. The summed E-state index contributed by atoms with van der Waals surface area (Å²) in [6.07, 6.45) is 0. The van der Waals surface area contributed by atoms with Gasteiger partial charge >= 0.3 is 0 Å². The molecule has 5 heteroatoms. The zero-order chi connectivity index (χ0) is 7.56. The molecule has 0 radical (unpaired) electrons. The lowest BCUT2D eigenvalue weighted by molar-refractivity contribution is 0.931. The molecule has 1 aromatic heterocycles. The number of aromatic nitrogens is 2. The minimum Gasteiger partial charge on any atom is -0.268 e. The highest BCUT2D eigenvalue weighted by molar-refractivity contribution is 9.10. The lowest BCUT2D eigenvalue weighted by Crippen LogP contribution is -2.07. The number of hydrogen-bond acceptors (Lipinski definition) is 2. The van der Waals surface area contributed by atoms with Gasteiger partial charge in [-0.05, 0) is 15.9 Å². The molecule has 0 saturated carbocycles. The summed E-state index contributed by atoms with van der Waals surface area (Å²) in [4.78, 5) is 10.6. The number of nitrogens with zero attached hydrogens (tertiary/aromatic N) is 1. The summed E-state index contributed by atoms with van der Waals surface area (Å²) in [6, 6.07) is 1.45. The molecule has 0 amide bonds. The second kappa shape index (κ2) is 3.30. The van der Waals surface area contributed by atoms with Crippen molar-refractivity contribution in [3.05, 3.63) is 26.6 Å². The lowest BCUT2D eigenvalue weighted by Gasteiger charge is -1.94. The van der Waals surface area contributed by atoms with Crippen LogP contribution in [0, 0.1) is 0 Å². The second-order valence-electron chi connectivity index (χ2n) is 1.66. The summed E-state index contributed by atoms with van der Waals surface area (Å²) in [5, 5.41) is 6.72. The van der Waals surface area contributed by atoms with Crippen molar-refractivity contribution in [2.75, 3.05) is 0 Å². The first-order valence-corrected chi connectivity index (χ1v) is 4.45. The molecule has 1 N–H and O–H groups in total. The zero-order valence-electron chi connectivity index (χ0n) is 4.90. The van der Waals surface area contributed by atoms with E-state index in [1.165, 1.54) is 6.07 Å². The average molecular weight is 268 g/mol. The summed E-state index contributed by atoms with van der Waals surface area (Å²) in [5.74, 6) is 0. The predicted octanol–water partition coefficient (Wildman–Crippen LogP) is 1.43. The molecule has 0 fully saturated rings. The third kappa shape index (κ3) is 1.67. The molecule has 0 unspecified atom stereocenters. The largest absolute Gasteiger partial charge is 0.268 e. The monoisotopic (exact) mass is 266 g/mol. The number of nitrogens with one attached hydrogen (secondary N) is 1. The first kappa shape index (κ1) is 7.94. The van der Waals surface area contributed by atoms with Gasteiger partial charge in [0.05, 0.1) is 5.69 Å². The fourth-order valence-corrected chi connectivity index (χ4v) is 1.74. The smallest absolute Gasteiger partial charge is 0.265 e. The number of alkyl halides is 1. The topological polar surface area (TPSA) is 45.8 Å². The van der Waals surface area contributed by atoms with Crippen molar-refractivity contribution in [3.8, 4) is 0 Å². The van der Waals surface area contributed by atoms with Gasteiger partial charge in [-0.3, -0.25) is 4.79 Å². The van der Waals surface area contributed by atoms with Gasteiger partial charge in [0.1, 0.15) is 0 Å². The molecule has 1 rings (SSSR count). The van der Waals surface area contributed by atoms with E-state index in [-0.39, 0.29) is 5.56 Å². The Labute approximate surface area is 74.1 Å². The van der Waals surface area contributed by atoms with Crippen molar-refractivity contribution in [2.24, 2.45) is 0 Å². The first-order valence-electron chi connectivity index (χ1n) is 2.54. The maximum absolute atomic E-state index is 10.6. The van der Waals surface area contributed by atoms with Crippen molar-refractivity contribution >= 4 is 31.9 Å². The van der Waals surface area contributed by atoms with Gasteiger partial charge in [0.2, 0.25) is 0 Å². The highest BCUT2D eigenvalue weighted by Crippen LogP contribution is 2.12. The maximum atomic E-state index is 10.6. The number of hydrogen-bond donors (Lipinski definition) is 1. The Hall–Kier alpha value is -0.160. The van der Waals surface area contributed by atoms with Crippen LogP contribution in [-0.2, 0) is 5.33 Å². The molecular weight excluding hydrogens is 264 g/mol. The van der Waals surface area contributed by atoms with Crippen LogP contribution >= 0.6 is 31.9 Å². The van der Waals surface area contributed by atoms with E-state index in [1.54, 1.807) is 0 Å². The number of halogens is 2. The van der Waals surface area contributed by atoms with Crippen LogP contribution in [0.25, 0.3) is 0 Å². The Morgan fingerprint density at radius 2 is 2.40 bits per heavy atom. The molecule has 0 spiro atoms. The normalized spacial score (nSPS) is 9.80. The van der Waals surface area contributed by atoms with Gasteiger partial charge < -0.3 is 0 Å². The van der Waals surface area contributed by atoms with Crippen LogP contribution in [0.1, 0.15) is 5.69 Å². The summed E-state index contributed by atoms with van der Waals surface area (Å²) in [5.41, 5.74) is 0.594. The molecule has 0 aliphatic carbocycles. The van der Waals surface area contributed by atoms with Gasteiger partial charge in [-0.2, -0.15) is 5.10 Å². The molecule has 0 aromatic carbocycles. The molecule has 0 atom stereocenters. The van der Waals surface area contributed by atoms with E-state index >= 15 is 0 Å². The number of H-pyrrole nitrogens is 1. The van der Waals surface area contributed by atoms with Crippen molar-refractivity contribution in [1.82, 2.24) is 10.2 Å². The molecule has 0 aliphatic heterocycles. The first-order chi connectivity index (χ1) is 4.74. The summed E-state index contributed by atoms with van der Waals surface area (Å²) < 4.78 is 0.730. The van der Waals surface area contributed by atoms with Crippen molar-refractivity contribution < 1.29 is 0 Å². The van der Waals surface area contributed by atoms with Crippen LogP contribution < -0.4 is 5.56 Å². The van der Waals surface area contributed by atoms with E-state index in [9.17, 15) is 4.79 Å². The van der Waals surface area contributed by atoms with Crippen LogP contribution in [0.3, 0.4) is 0 Å². The third-order valence-corrected chi connectivity index (χ3v) is 2.18. The van der Waals surface area contributed by atoms with Crippen molar-refractivity contribution in [3.63, 3.8) is 0 Å². The quantitative estimate of drug-likeness (QED) is 0.783. The molecular formula is C5H4Br2N2O. The second-order valence-corrected chi connectivity index (χ2v) is 3.08. The average Bonchev–Trinajstić information content (AvgIpc) is 1.88. The molecule has 0 bridgehead atoms. The van der Waals surface area contributed by atoms with Crippen LogP contribution in [0.4, 0.5) is 0 Å². The fraction of sp³-hybridized carbons (Fsp3) is 0.200. The van der Waals surface area contributed by atoms with E-state index in [0.717, 1.165) is 10.2 Å². The van der Waals surface area contributed by atoms with E-state index in [2.05, 4.69) is 42.1 Å². The minimum absolute atomic E-state index is 0.198. The fourth-order valence-electron chi connectivity index (χ4n) is 0.500. The maximum Gasteiger partial charge on any atom is 0.265 e. The van der Waals surface area contributed by atoms with Crippen LogP contribution in [0.2, 0.25) is 0 Å². The highest BCUT2D eigenvalue weighted by Gasteiger charge is 1.98. The van der Waals surface area contributed by atoms with Crippen molar-refractivity contribution in [2.45, 2.75) is 5.33 Å². The van der Waals surface area contributed by atoms with E-state index < -0.39 is 0 Å². The molecule has 0 aliphatic rings. The van der Waals surface area contributed by atoms with E-state index in [0.29, 0.717) is 5.33 Å². The molecule has 54 valence electrons.